The number of rotatable bonds is 48. The van der Waals surface area contributed by atoms with Gasteiger partial charge in [-0.15, -0.1) is 0 Å². The Morgan fingerprint density at radius 2 is 0.259 bits per heavy atom. The van der Waals surface area contributed by atoms with Crippen LogP contribution in [0.1, 0.15) is 310 Å². The van der Waals surface area contributed by atoms with Gasteiger partial charge in [-0.3, -0.25) is 0 Å². The molecule has 0 aromatic carbocycles. The number of unbranched alkanes of at least 4 members (excludes halogenated alkanes) is 40. The maximum absolute atomic E-state index is 5.87. The molecule has 0 saturated carbocycles. The molecular formula is C52H108O2. The maximum atomic E-state index is 5.87. The first kappa shape index (κ1) is 56.0. The molecule has 2 nitrogen and oxygen atoms in total. The van der Waals surface area contributed by atoms with Crippen molar-refractivity contribution in [2.45, 2.75) is 310 Å². The highest BCUT2D eigenvalue weighted by molar-refractivity contribution is 4.52. The van der Waals surface area contributed by atoms with E-state index in [9.17, 15) is 0 Å². The summed E-state index contributed by atoms with van der Waals surface area (Å²) < 4.78 is 11.5. The first-order valence-corrected chi connectivity index (χ1v) is 26.0. The third kappa shape index (κ3) is 58.6. The Labute approximate surface area is 345 Å². The highest BCUT2D eigenvalue weighted by atomic mass is 16.5. The molecule has 54 heavy (non-hydrogen) atoms. The van der Waals surface area contributed by atoms with Gasteiger partial charge in [-0.25, -0.2) is 0 Å². The smallest absolute Gasteiger partial charge is 0.0466 e. The van der Waals surface area contributed by atoms with E-state index in [1.807, 2.05) is 0 Å². The minimum atomic E-state index is 0.987. The van der Waals surface area contributed by atoms with Crippen molar-refractivity contribution in [3.8, 4) is 0 Å². The van der Waals surface area contributed by atoms with Crippen molar-refractivity contribution < 1.29 is 9.47 Å². The lowest BCUT2D eigenvalue weighted by atomic mass is 10.0. The van der Waals surface area contributed by atoms with Crippen LogP contribution in [-0.4, -0.2) is 26.4 Å². The van der Waals surface area contributed by atoms with Gasteiger partial charge in [0, 0.05) is 26.4 Å². The third-order valence-electron chi connectivity index (χ3n) is 11.6. The predicted molar refractivity (Wildman–Crippen MR) is 247 cm³/mol. The van der Waals surface area contributed by atoms with E-state index in [-0.39, 0.29) is 0 Å². The molecule has 0 aliphatic rings. The SMILES string of the molecule is CCCCCCCCCCCCCCCCCCOCCCCCCCCCCCCCCCCCC.CCCCCCCCOCCCCCCCC. The molecule has 0 heterocycles. The molecule has 0 saturated heterocycles. The van der Waals surface area contributed by atoms with Crippen LogP contribution in [0.3, 0.4) is 0 Å². The van der Waals surface area contributed by atoms with Crippen molar-refractivity contribution in [1.29, 1.82) is 0 Å². The Balaban J connectivity index is 0. The number of hydrogen-bond donors (Lipinski definition) is 0. The average Bonchev–Trinajstić information content (AvgIpc) is 3.18. The highest BCUT2D eigenvalue weighted by Gasteiger charge is 1.98. The van der Waals surface area contributed by atoms with Crippen LogP contribution in [0, 0.1) is 0 Å². The van der Waals surface area contributed by atoms with Crippen molar-refractivity contribution in [1.82, 2.24) is 0 Å². The van der Waals surface area contributed by atoms with Gasteiger partial charge in [-0.1, -0.05) is 285 Å². The molecule has 0 amide bonds. The summed E-state index contributed by atoms with van der Waals surface area (Å²) in [5.74, 6) is 0. The van der Waals surface area contributed by atoms with Crippen LogP contribution in [0.4, 0.5) is 0 Å². The first-order valence-electron chi connectivity index (χ1n) is 26.0. The zero-order valence-corrected chi connectivity index (χ0v) is 38.8. The van der Waals surface area contributed by atoms with Gasteiger partial charge in [-0.05, 0) is 25.7 Å². The van der Waals surface area contributed by atoms with E-state index in [1.54, 1.807) is 0 Å². The Kier molecular flexibility index (Phi) is 59.4. The van der Waals surface area contributed by atoms with E-state index in [1.165, 1.54) is 283 Å². The Hall–Kier alpha value is -0.0800. The summed E-state index contributed by atoms with van der Waals surface area (Å²) in [7, 11) is 0. The monoisotopic (exact) mass is 765 g/mol. The molecule has 0 radical (unpaired) electrons. The molecule has 0 spiro atoms. The van der Waals surface area contributed by atoms with E-state index in [0.717, 1.165) is 26.4 Å². The largest absolute Gasteiger partial charge is 0.381 e. The lowest BCUT2D eigenvalue weighted by Crippen LogP contribution is -1.97. The van der Waals surface area contributed by atoms with Crippen LogP contribution in [0.25, 0.3) is 0 Å². The first-order chi connectivity index (χ1) is 26.8. The summed E-state index contributed by atoms with van der Waals surface area (Å²) in [6, 6.07) is 0. The van der Waals surface area contributed by atoms with E-state index in [4.69, 9.17) is 9.47 Å². The quantitative estimate of drug-likeness (QED) is 0.0575. The van der Waals surface area contributed by atoms with Crippen molar-refractivity contribution >= 4 is 0 Å². The molecule has 0 atom stereocenters. The molecular weight excluding hydrogens is 657 g/mol. The molecule has 0 N–H and O–H groups in total. The van der Waals surface area contributed by atoms with Crippen LogP contribution < -0.4 is 0 Å². The van der Waals surface area contributed by atoms with E-state index in [0.29, 0.717) is 0 Å². The van der Waals surface area contributed by atoms with Gasteiger partial charge in [-0.2, -0.15) is 0 Å². The fourth-order valence-corrected chi connectivity index (χ4v) is 7.68. The van der Waals surface area contributed by atoms with Gasteiger partial charge in [0.2, 0.25) is 0 Å². The van der Waals surface area contributed by atoms with Gasteiger partial charge < -0.3 is 9.47 Å². The van der Waals surface area contributed by atoms with Gasteiger partial charge in [0.05, 0.1) is 0 Å². The zero-order valence-electron chi connectivity index (χ0n) is 38.8. The Morgan fingerprint density at radius 3 is 0.389 bits per heavy atom. The molecule has 0 bridgehead atoms. The van der Waals surface area contributed by atoms with Gasteiger partial charge >= 0.3 is 0 Å². The predicted octanol–water partition coefficient (Wildman–Crippen LogP) is 19.2. The topological polar surface area (TPSA) is 18.5 Å². The molecule has 0 fully saturated rings. The van der Waals surface area contributed by atoms with E-state index >= 15 is 0 Å². The minimum absolute atomic E-state index is 0.987. The van der Waals surface area contributed by atoms with Crippen LogP contribution in [0.2, 0.25) is 0 Å². The van der Waals surface area contributed by atoms with Crippen LogP contribution in [0.15, 0.2) is 0 Å². The summed E-state index contributed by atoms with van der Waals surface area (Å²) in [5.41, 5.74) is 0. The fraction of sp³-hybridized carbons (Fsp3) is 1.00. The fourth-order valence-electron chi connectivity index (χ4n) is 7.68. The molecule has 0 aromatic heterocycles. The van der Waals surface area contributed by atoms with Crippen LogP contribution in [-0.2, 0) is 9.47 Å². The number of ether oxygens (including phenoxy) is 2. The molecule has 0 aliphatic carbocycles. The summed E-state index contributed by atoms with van der Waals surface area (Å²) in [4.78, 5) is 0. The van der Waals surface area contributed by atoms with E-state index in [2.05, 4.69) is 27.7 Å². The van der Waals surface area contributed by atoms with Crippen molar-refractivity contribution in [3.63, 3.8) is 0 Å². The second kappa shape index (κ2) is 57.2. The Bertz CT molecular complexity index is 529. The van der Waals surface area contributed by atoms with Crippen LogP contribution >= 0.6 is 0 Å². The second-order valence-corrected chi connectivity index (χ2v) is 17.4. The summed E-state index contributed by atoms with van der Waals surface area (Å²) in [5, 5.41) is 0. The van der Waals surface area contributed by atoms with Crippen molar-refractivity contribution in [2.75, 3.05) is 26.4 Å². The van der Waals surface area contributed by atoms with Gasteiger partial charge in [0.25, 0.3) is 0 Å². The molecule has 0 unspecified atom stereocenters. The molecule has 2 heteroatoms. The lowest BCUT2D eigenvalue weighted by molar-refractivity contribution is 0.125. The molecule has 0 aliphatic heterocycles. The highest BCUT2D eigenvalue weighted by Crippen LogP contribution is 2.16. The number of hydrogen-bond acceptors (Lipinski definition) is 2. The molecule has 0 aromatic rings. The standard InChI is InChI=1S/C36H74O.C16H34O/c1-3-5-7-9-11-13-15-17-19-21-23-25-27-29-31-33-35-37-36-34-32-30-28-26-24-22-20-18-16-14-12-10-8-6-4-2;1-3-5-7-9-11-13-15-17-16-14-12-10-8-6-4-2/h3-36H2,1-2H3;3-16H2,1-2H3. The zero-order chi connectivity index (χ0) is 39.4. The normalized spacial score (nSPS) is 11.3. The van der Waals surface area contributed by atoms with Gasteiger partial charge in [0.1, 0.15) is 0 Å². The third-order valence-corrected chi connectivity index (χ3v) is 11.6. The van der Waals surface area contributed by atoms with Crippen molar-refractivity contribution in [2.24, 2.45) is 0 Å². The van der Waals surface area contributed by atoms with E-state index < -0.39 is 0 Å². The second-order valence-electron chi connectivity index (χ2n) is 17.4. The summed E-state index contributed by atoms with van der Waals surface area (Å²) in [6.07, 6.45) is 62.4. The molecule has 328 valence electrons. The lowest BCUT2D eigenvalue weighted by Gasteiger charge is -2.06. The summed E-state index contributed by atoms with van der Waals surface area (Å²) >= 11 is 0. The minimum Gasteiger partial charge on any atom is -0.381 e. The Morgan fingerprint density at radius 1 is 0.148 bits per heavy atom. The molecule has 0 rings (SSSR count). The summed E-state index contributed by atoms with van der Waals surface area (Å²) in [6.45, 7) is 13.1. The van der Waals surface area contributed by atoms with Crippen molar-refractivity contribution in [3.05, 3.63) is 0 Å². The average molecular weight is 765 g/mol. The maximum Gasteiger partial charge on any atom is 0.0466 e. The van der Waals surface area contributed by atoms with Crippen LogP contribution in [0.5, 0.6) is 0 Å². The van der Waals surface area contributed by atoms with Gasteiger partial charge in [0.15, 0.2) is 0 Å².